The molecule has 16 heavy (non-hydrogen) atoms. The minimum Gasteiger partial charge on any atom is -0.454 e. The standard InChI is InChI=1S/C12H16N2O2/c1-5-6-10-7-14(4)11(13-10)8-16-12(15)9(2)3/h5,7H,1-2,6,8H2,3-4H3. The van der Waals surface area contributed by atoms with Gasteiger partial charge in [-0.2, -0.15) is 0 Å². The molecule has 0 N–H and O–H groups in total. The molecule has 0 atom stereocenters. The van der Waals surface area contributed by atoms with Gasteiger partial charge in [-0.15, -0.1) is 6.58 Å². The third kappa shape index (κ3) is 3.08. The number of aromatic nitrogens is 2. The first kappa shape index (κ1) is 12.2. The van der Waals surface area contributed by atoms with Gasteiger partial charge >= 0.3 is 5.97 Å². The number of carbonyl (C=O) groups is 1. The number of imidazole rings is 1. The quantitative estimate of drug-likeness (QED) is 0.431. The van der Waals surface area contributed by atoms with Crippen LogP contribution < -0.4 is 0 Å². The first-order valence-electron chi connectivity index (χ1n) is 4.99. The van der Waals surface area contributed by atoms with Crippen LogP contribution in [0.4, 0.5) is 0 Å². The number of nitrogens with zero attached hydrogens (tertiary/aromatic N) is 2. The zero-order valence-corrected chi connectivity index (χ0v) is 9.69. The molecule has 0 unspecified atom stereocenters. The number of hydrogen-bond donors (Lipinski definition) is 0. The topological polar surface area (TPSA) is 44.1 Å². The summed E-state index contributed by atoms with van der Waals surface area (Å²) in [6.45, 7) is 8.94. The van der Waals surface area contributed by atoms with Gasteiger partial charge in [0.15, 0.2) is 0 Å². The van der Waals surface area contributed by atoms with E-state index in [4.69, 9.17) is 4.74 Å². The van der Waals surface area contributed by atoms with E-state index in [1.165, 1.54) is 0 Å². The van der Waals surface area contributed by atoms with Crippen molar-refractivity contribution in [1.82, 2.24) is 9.55 Å². The maximum Gasteiger partial charge on any atom is 0.333 e. The molecule has 0 aliphatic rings. The van der Waals surface area contributed by atoms with E-state index in [2.05, 4.69) is 18.1 Å². The lowest BCUT2D eigenvalue weighted by Gasteiger charge is -2.03. The molecule has 0 amide bonds. The molecule has 4 heteroatoms. The molecule has 1 rings (SSSR count). The van der Waals surface area contributed by atoms with Gasteiger partial charge in [-0.25, -0.2) is 9.78 Å². The number of carbonyl (C=O) groups excluding carboxylic acids is 1. The zero-order valence-electron chi connectivity index (χ0n) is 9.69. The van der Waals surface area contributed by atoms with Gasteiger partial charge in [0.25, 0.3) is 0 Å². The molecule has 1 aromatic heterocycles. The van der Waals surface area contributed by atoms with Crippen molar-refractivity contribution < 1.29 is 9.53 Å². The smallest absolute Gasteiger partial charge is 0.333 e. The molecule has 0 radical (unpaired) electrons. The Morgan fingerprint density at radius 2 is 2.38 bits per heavy atom. The minimum atomic E-state index is -0.395. The fraction of sp³-hybridized carbons (Fsp3) is 0.333. The lowest BCUT2D eigenvalue weighted by molar-refractivity contribution is -0.140. The fourth-order valence-corrected chi connectivity index (χ4v) is 1.21. The number of allylic oxidation sites excluding steroid dienone is 1. The van der Waals surface area contributed by atoms with Crippen molar-refractivity contribution in [2.75, 3.05) is 0 Å². The Hall–Kier alpha value is -1.84. The Kier molecular flexibility index (Phi) is 4.05. The van der Waals surface area contributed by atoms with E-state index < -0.39 is 5.97 Å². The van der Waals surface area contributed by atoms with E-state index in [-0.39, 0.29) is 6.61 Å². The molecule has 0 aromatic carbocycles. The molecule has 1 aromatic rings. The highest BCUT2D eigenvalue weighted by Crippen LogP contribution is 2.05. The fourth-order valence-electron chi connectivity index (χ4n) is 1.21. The molecule has 0 aliphatic carbocycles. The third-order valence-electron chi connectivity index (χ3n) is 2.06. The molecule has 0 aliphatic heterocycles. The van der Waals surface area contributed by atoms with Gasteiger partial charge in [-0.05, 0) is 6.92 Å². The van der Waals surface area contributed by atoms with Crippen molar-refractivity contribution in [3.63, 3.8) is 0 Å². The van der Waals surface area contributed by atoms with Crippen LogP contribution in [0.5, 0.6) is 0 Å². The number of rotatable bonds is 5. The predicted molar refractivity (Wildman–Crippen MR) is 61.7 cm³/mol. The lowest BCUT2D eigenvalue weighted by Crippen LogP contribution is -2.08. The number of esters is 1. The normalized spacial score (nSPS) is 9.88. The molecule has 1 heterocycles. The molecule has 0 spiro atoms. The van der Waals surface area contributed by atoms with Crippen LogP contribution in [0.25, 0.3) is 0 Å². The van der Waals surface area contributed by atoms with Crippen LogP contribution in [0.3, 0.4) is 0 Å². The van der Waals surface area contributed by atoms with Gasteiger partial charge in [-0.3, -0.25) is 0 Å². The molecule has 4 nitrogen and oxygen atoms in total. The third-order valence-corrected chi connectivity index (χ3v) is 2.06. The Balaban J connectivity index is 2.63. The van der Waals surface area contributed by atoms with Crippen molar-refractivity contribution in [3.05, 3.63) is 42.5 Å². The van der Waals surface area contributed by atoms with Crippen LogP contribution in [0, 0.1) is 0 Å². The van der Waals surface area contributed by atoms with E-state index in [1.807, 2.05) is 17.8 Å². The summed E-state index contributed by atoms with van der Waals surface area (Å²) in [6.07, 6.45) is 4.39. The molecule has 86 valence electrons. The van der Waals surface area contributed by atoms with Gasteiger partial charge in [0.2, 0.25) is 0 Å². The summed E-state index contributed by atoms with van der Waals surface area (Å²) in [7, 11) is 1.86. The van der Waals surface area contributed by atoms with Gasteiger partial charge < -0.3 is 9.30 Å². The first-order chi connectivity index (χ1) is 7.54. The maximum absolute atomic E-state index is 11.2. The summed E-state index contributed by atoms with van der Waals surface area (Å²) in [5.74, 6) is 0.319. The Labute approximate surface area is 95.3 Å². The summed E-state index contributed by atoms with van der Waals surface area (Å²) in [6, 6.07) is 0. The van der Waals surface area contributed by atoms with E-state index in [0.29, 0.717) is 17.8 Å². The summed E-state index contributed by atoms with van der Waals surface area (Å²) in [5, 5.41) is 0. The molecule has 0 fully saturated rings. The van der Waals surface area contributed by atoms with Crippen molar-refractivity contribution in [1.29, 1.82) is 0 Å². The highest BCUT2D eigenvalue weighted by molar-refractivity contribution is 5.86. The van der Waals surface area contributed by atoms with Crippen LogP contribution in [-0.4, -0.2) is 15.5 Å². The summed E-state index contributed by atoms with van der Waals surface area (Å²) < 4.78 is 6.85. The molecular weight excluding hydrogens is 204 g/mol. The van der Waals surface area contributed by atoms with E-state index >= 15 is 0 Å². The Morgan fingerprint density at radius 3 is 2.94 bits per heavy atom. The number of aryl methyl sites for hydroxylation is 1. The number of hydrogen-bond acceptors (Lipinski definition) is 3. The van der Waals surface area contributed by atoms with Gasteiger partial charge in [0, 0.05) is 25.2 Å². The van der Waals surface area contributed by atoms with Crippen LogP contribution in [0.15, 0.2) is 31.0 Å². The molecule has 0 saturated carbocycles. The maximum atomic E-state index is 11.2. The molecule has 0 bridgehead atoms. The summed E-state index contributed by atoms with van der Waals surface area (Å²) in [5.41, 5.74) is 1.30. The van der Waals surface area contributed by atoms with Gasteiger partial charge in [-0.1, -0.05) is 12.7 Å². The summed E-state index contributed by atoms with van der Waals surface area (Å²) >= 11 is 0. The van der Waals surface area contributed by atoms with Crippen LogP contribution in [0.2, 0.25) is 0 Å². The monoisotopic (exact) mass is 220 g/mol. The van der Waals surface area contributed by atoms with Crippen molar-refractivity contribution in [2.24, 2.45) is 7.05 Å². The van der Waals surface area contributed by atoms with E-state index in [9.17, 15) is 4.79 Å². The number of ether oxygens (including phenoxy) is 1. The van der Waals surface area contributed by atoms with Crippen LogP contribution >= 0.6 is 0 Å². The second-order valence-electron chi connectivity index (χ2n) is 3.61. The predicted octanol–water partition coefficient (Wildman–Crippen LogP) is 1.77. The van der Waals surface area contributed by atoms with E-state index in [1.54, 1.807) is 13.0 Å². The second-order valence-corrected chi connectivity index (χ2v) is 3.61. The van der Waals surface area contributed by atoms with Crippen LogP contribution in [0.1, 0.15) is 18.4 Å². The Bertz CT molecular complexity index is 419. The van der Waals surface area contributed by atoms with Crippen molar-refractivity contribution in [3.8, 4) is 0 Å². The zero-order chi connectivity index (χ0) is 12.1. The van der Waals surface area contributed by atoms with Gasteiger partial charge in [0.05, 0.1) is 5.69 Å². The van der Waals surface area contributed by atoms with Crippen molar-refractivity contribution in [2.45, 2.75) is 20.0 Å². The second kappa shape index (κ2) is 5.30. The SMILES string of the molecule is C=CCc1cn(C)c(COC(=O)C(=C)C)n1. The molecular formula is C12H16N2O2. The highest BCUT2D eigenvalue weighted by atomic mass is 16.5. The van der Waals surface area contributed by atoms with Crippen LogP contribution in [-0.2, 0) is 29.6 Å². The minimum absolute atomic E-state index is 0.166. The first-order valence-corrected chi connectivity index (χ1v) is 4.99. The highest BCUT2D eigenvalue weighted by Gasteiger charge is 2.08. The Morgan fingerprint density at radius 1 is 1.69 bits per heavy atom. The van der Waals surface area contributed by atoms with Crippen molar-refractivity contribution >= 4 is 5.97 Å². The van der Waals surface area contributed by atoms with Gasteiger partial charge in [0.1, 0.15) is 12.4 Å². The van der Waals surface area contributed by atoms with E-state index in [0.717, 1.165) is 5.69 Å². The molecule has 0 saturated heterocycles. The average Bonchev–Trinajstić information content (AvgIpc) is 2.56. The lowest BCUT2D eigenvalue weighted by atomic mass is 10.3. The average molecular weight is 220 g/mol. The summed E-state index contributed by atoms with van der Waals surface area (Å²) in [4.78, 5) is 15.5. The largest absolute Gasteiger partial charge is 0.454 e.